The van der Waals surface area contributed by atoms with Gasteiger partial charge in [-0.3, -0.25) is 9.59 Å². The minimum Gasteiger partial charge on any atom is -0.481 e. The third-order valence-corrected chi connectivity index (χ3v) is 1.36. The Balaban J connectivity index is 3.61. The molecule has 0 spiro atoms. The molecule has 1 atom stereocenters. The van der Waals surface area contributed by atoms with E-state index in [1.54, 1.807) is 0 Å². The molecule has 1 N–H and O–H groups in total. The largest absolute Gasteiger partial charge is 0.481 e. The van der Waals surface area contributed by atoms with Crippen LogP contribution in [0.2, 0.25) is 0 Å². The van der Waals surface area contributed by atoms with Gasteiger partial charge in [-0.05, 0) is 6.42 Å². The fourth-order valence-corrected chi connectivity index (χ4v) is 0.612. The summed E-state index contributed by atoms with van der Waals surface area (Å²) >= 11 is 0. The molecule has 0 aromatic carbocycles. The molecule has 0 saturated heterocycles. The maximum absolute atomic E-state index is 10.8. The molecule has 1 unspecified atom stereocenters. The highest BCUT2D eigenvalue weighted by atomic mass is 16.5. The first-order valence-corrected chi connectivity index (χ1v) is 3.96. The van der Waals surface area contributed by atoms with Crippen molar-refractivity contribution >= 4 is 11.9 Å². The average molecular weight is 174 g/mol. The minimum absolute atomic E-state index is 0.0463. The van der Waals surface area contributed by atoms with Gasteiger partial charge >= 0.3 is 11.9 Å². The molecule has 70 valence electrons. The van der Waals surface area contributed by atoms with E-state index in [2.05, 4.69) is 0 Å². The van der Waals surface area contributed by atoms with Crippen LogP contribution in [0.4, 0.5) is 0 Å². The Morgan fingerprint density at radius 3 is 2.50 bits per heavy atom. The molecule has 0 aliphatic carbocycles. The summed E-state index contributed by atoms with van der Waals surface area (Å²) in [4.78, 5) is 21.1. The number of carboxylic acid groups (broad SMARTS) is 1. The van der Waals surface area contributed by atoms with Crippen LogP contribution < -0.4 is 0 Å². The Morgan fingerprint density at radius 2 is 2.08 bits per heavy atom. The number of carboxylic acids is 1. The fraction of sp³-hybridized carbons (Fsp3) is 0.750. The van der Waals surface area contributed by atoms with Gasteiger partial charge in [-0.15, -0.1) is 0 Å². The molecule has 0 fully saturated rings. The molecule has 12 heavy (non-hydrogen) atoms. The van der Waals surface area contributed by atoms with Gasteiger partial charge in [-0.1, -0.05) is 13.8 Å². The van der Waals surface area contributed by atoms with Gasteiger partial charge < -0.3 is 9.84 Å². The number of rotatable bonds is 5. The highest BCUT2D eigenvalue weighted by Gasteiger charge is 2.16. The normalized spacial score (nSPS) is 12.2. The lowest BCUT2D eigenvalue weighted by atomic mass is 10.1. The summed E-state index contributed by atoms with van der Waals surface area (Å²) < 4.78 is 4.71. The van der Waals surface area contributed by atoms with Crippen LogP contribution >= 0.6 is 0 Å². The smallest absolute Gasteiger partial charge is 0.306 e. The first-order valence-electron chi connectivity index (χ1n) is 3.96. The molecule has 4 heteroatoms. The van der Waals surface area contributed by atoms with Gasteiger partial charge in [0.1, 0.15) is 0 Å². The molecule has 0 heterocycles. The van der Waals surface area contributed by atoms with E-state index in [9.17, 15) is 9.59 Å². The van der Waals surface area contributed by atoms with Crippen LogP contribution in [0.3, 0.4) is 0 Å². The number of esters is 1. The van der Waals surface area contributed by atoms with E-state index >= 15 is 0 Å². The molecule has 0 aliphatic rings. The van der Waals surface area contributed by atoms with Crippen molar-refractivity contribution in [1.29, 1.82) is 0 Å². The molecule has 0 saturated carbocycles. The second-order valence-electron chi connectivity index (χ2n) is 2.66. The monoisotopic (exact) mass is 174 g/mol. The predicted molar refractivity (Wildman–Crippen MR) is 42.7 cm³/mol. The van der Waals surface area contributed by atoms with Gasteiger partial charge in [0.2, 0.25) is 0 Å². The SMILES string of the molecule is CCCOC(=O)CC(C)C(=O)O. The van der Waals surface area contributed by atoms with Crippen molar-refractivity contribution in [3.8, 4) is 0 Å². The Morgan fingerprint density at radius 1 is 1.50 bits per heavy atom. The van der Waals surface area contributed by atoms with E-state index in [4.69, 9.17) is 9.84 Å². The van der Waals surface area contributed by atoms with Gasteiger partial charge in [0.05, 0.1) is 18.9 Å². The summed E-state index contributed by atoms with van der Waals surface area (Å²) in [5.41, 5.74) is 0. The van der Waals surface area contributed by atoms with Crippen LogP contribution in [-0.4, -0.2) is 23.7 Å². The first kappa shape index (κ1) is 10.9. The van der Waals surface area contributed by atoms with Crippen LogP contribution in [0.15, 0.2) is 0 Å². The maximum atomic E-state index is 10.8. The summed E-state index contributed by atoms with van der Waals surface area (Å²) in [6.45, 7) is 3.73. The minimum atomic E-state index is -0.969. The highest BCUT2D eigenvalue weighted by molar-refractivity contribution is 5.78. The van der Waals surface area contributed by atoms with Crippen molar-refractivity contribution in [1.82, 2.24) is 0 Å². The predicted octanol–water partition coefficient (Wildman–Crippen LogP) is 1.05. The summed E-state index contributed by atoms with van der Waals surface area (Å²) in [5.74, 6) is -2.07. The first-order chi connectivity index (χ1) is 5.57. The standard InChI is InChI=1S/C8H14O4/c1-3-4-12-7(9)5-6(2)8(10)11/h6H,3-5H2,1-2H3,(H,10,11). The molecule has 0 rings (SSSR count). The summed E-state index contributed by atoms with van der Waals surface area (Å²) in [7, 11) is 0. The zero-order valence-corrected chi connectivity index (χ0v) is 7.37. The Bertz CT molecular complexity index is 164. The summed E-state index contributed by atoms with van der Waals surface area (Å²) in [6.07, 6.45) is 0.711. The lowest BCUT2D eigenvalue weighted by Gasteiger charge is -2.05. The van der Waals surface area contributed by atoms with Crippen molar-refractivity contribution in [3.63, 3.8) is 0 Å². The summed E-state index contributed by atoms with van der Waals surface area (Å²) in [5, 5.41) is 8.45. The molecule has 0 aromatic heterocycles. The second kappa shape index (κ2) is 5.57. The van der Waals surface area contributed by atoms with Crippen molar-refractivity contribution in [3.05, 3.63) is 0 Å². The van der Waals surface area contributed by atoms with Crippen LogP contribution in [0.25, 0.3) is 0 Å². The molecular weight excluding hydrogens is 160 g/mol. The van der Waals surface area contributed by atoms with E-state index in [1.165, 1.54) is 6.92 Å². The van der Waals surface area contributed by atoms with E-state index < -0.39 is 17.9 Å². The average Bonchev–Trinajstić information content (AvgIpc) is 2.00. The number of aliphatic carboxylic acids is 1. The van der Waals surface area contributed by atoms with Gasteiger partial charge in [0, 0.05) is 0 Å². The third kappa shape index (κ3) is 4.71. The zero-order chi connectivity index (χ0) is 9.56. The lowest BCUT2D eigenvalue weighted by molar-refractivity contribution is -0.151. The molecule has 0 aliphatic heterocycles. The molecule has 0 amide bonds. The zero-order valence-electron chi connectivity index (χ0n) is 7.37. The molecule has 4 nitrogen and oxygen atoms in total. The number of ether oxygens (including phenoxy) is 1. The van der Waals surface area contributed by atoms with Crippen LogP contribution in [0, 0.1) is 5.92 Å². The number of hydrogen-bond donors (Lipinski definition) is 1. The van der Waals surface area contributed by atoms with E-state index in [-0.39, 0.29) is 6.42 Å². The van der Waals surface area contributed by atoms with E-state index in [0.717, 1.165) is 6.42 Å². The van der Waals surface area contributed by atoms with E-state index in [1.807, 2.05) is 6.92 Å². The van der Waals surface area contributed by atoms with Crippen LogP contribution in [-0.2, 0) is 14.3 Å². The topological polar surface area (TPSA) is 63.6 Å². The third-order valence-electron chi connectivity index (χ3n) is 1.36. The number of carbonyl (C=O) groups is 2. The Hall–Kier alpha value is -1.06. The van der Waals surface area contributed by atoms with Gasteiger partial charge in [0.15, 0.2) is 0 Å². The molecule has 0 radical (unpaired) electrons. The van der Waals surface area contributed by atoms with Crippen molar-refractivity contribution in [2.45, 2.75) is 26.7 Å². The fourth-order valence-electron chi connectivity index (χ4n) is 0.612. The maximum Gasteiger partial charge on any atom is 0.306 e. The highest BCUT2D eigenvalue weighted by Crippen LogP contribution is 2.03. The van der Waals surface area contributed by atoms with Gasteiger partial charge in [0.25, 0.3) is 0 Å². The Labute approximate surface area is 71.5 Å². The second-order valence-corrected chi connectivity index (χ2v) is 2.66. The molecular formula is C8H14O4. The van der Waals surface area contributed by atoms with Crippen LogP contribution in [0.1, 0.15) is 26.7 Å². The Kier molecular flexibility index (Phi) is 5.08. The quantitative estimate of drug-likeness (QED) is 0.633. The van der Waals surface area contributed by atoms with Gasteiger partial charge in [-0.25, -0.2) is 0 Å². The van der Waals surface area contributed by atoms with Crippen LogP contribution in [0.5, 0.6) is 0 Å². The van der Waals surface area contributed by atoms with Crippen molar-refractivity contribution < 1.29 is 19.4 Å². The van der Waals surface area contributed by atoms with Gasteiger partial charge in [-0.2, -0.15) is 0 Å². The van der Waals surface area contributed by atoms with Crippen molar-refractivity contribution in [2.75, 3.05) is 6.61 Å². The summed E-state index contributed by atoms with van der Waals surface area (Å²) in [6, 6.07) is 0. The molecule has 0 aromatic rings. The molecule has 0 bridgehead atoms. The number of hydrogen-bond acceptors (Lipinski definition) is 3. The van der Waals surface area contributed by atoms with E-state index in [0.29, 0.717) is 6.61 Å². The lowest BCUT2D eigenvalue weighted by Crippen LogP contribution is -2.16. The number of carbonyl (C=O) groups excluding carboxylic acids is 1. The van der Waals surface area contributed by atoms with Crippen molar-refractivity contribution in [2.24, 2.45) is 5.92 Å².